The average Bonchev–Trinajstić information content (AvgIpc) is 3.27. The number of carbonyl (C=O) groups excluding carboxylic acids is 1. The van der Waals surface area contributed by atoms with Crippen molar-refractivity contribution in [1.82, 2.24) is 4.98 Å². The predicted molar refractivity (Wildman–Crippen MR) is 99.2 cm³/mol. The fraction of sp³-hybridized carbons (Fsp3) is 0.143. The van der Waals surface area contributed by atoms with Crippen molar-refractivity contribution >= 4 is 22.8 Å². The van der Waals surface area contributed by atoms with Crippen molar-refractivity contribution in [2.24, 2.45) is 0 Å². The third kappa shape index (κ3) is 3.02. The van der Waals surface area contributed by atoms with Crippen LogP contribution in [0.25, 0.3) is 22.3 Å². The molecule has 1 aromatic carbocycles. The number of alkyl halides is 3. The van der Waals surface area contributed by atoms with Crippen LogP contribution in [0, 0.1) is 12.7 Å². The number of nitrogens with zero attached hydrogens (tertiary/aromatic N) is 1. The zero-order valence-electron chi connectivity index (χ0n) is 15.4. The predicted octanol–water partition coefficient (Wildman–Crippen LogP) is 5.44. The first kappa shape index (κ1) is 18.4. The van der Waals surface area contributed by atoms with Gasteiger partial charge >= 0.3 is 6.36 Å². The molecule has 0 atom stereocenters. The van der Waals surface area contributed by atoms with E-state index in [0.717, 1.165) is 47.0 Å². The summed E-state index contributed by atoms with van der Waals surface area (Å²) in [7, 11) is 0. The number of nitrogens with one attached hydrogen (secondary N) is 1. The molecule has 30 heavy (non-hydrogen) atoms. The highest BCUT2D eigenvalue weighted by Gasteiger charge is 2.38. The molecule has 0 radical (unpaired) electrons. The highest BCUT2D eigenvalue weighted by Crippen LogP contribution is 2.50. The van der Waals surface area contributed by atoms with Crippen molar-refractivity contribution in [1.29, 1.82) is 0 Å². The molecule has 0 saturated carbocycles. The molecule has 5 nitrogen and oxygen atoms in total. The number of anilines is 1. The number of ether oxygens (including phenoxy) is 1. The zero-order chi connectivity index (χ0) is 21.2. The van der Waals surface area contributed by atoms with E-state index in [4.69, 9.17) is 4.42 Å². The summed E-state index contributed by atoms with van der Waals surface area (Å²) in [6.07, 6.45) is -2.65. The molecule has 152 valence electrons. The van der Waals surface area contributed by atoms with Crippen LogP contribution in [0.2, 0.25) is 0 Å². The average molecular weight is 416 g/mol. The Bertz CT molecular complexity index is 1310. The minimum absolute atomic E-state index is 0.0110. The van der Waals surface area contributed by atoms with E-state index in [2.05, 4.69) is 15.0 Å². The van der Waals surface area contributed by atoms with Gasteiger partial charge in [-0.05, 0) is 36.8 Å². The third-order valence-corrected chi connectivity index (χ3v) is 4.88. The van der Waals surface area contributed by atoms with Crippen molar-refractivity contribution < 1.29 is 31.5 Å². The van der Waals surface area contributed by atoms with Crippen molar-refractivity contribution in [3.63, 3.8) is 0 Å². The number of aromatic nitrogens is 1. The summed E-state index contributed by atoms with van der Waals surface area (Å²) < 4.78 is 60.3. The number of hydrogen-bond donors (Lipinski definition) is 1. The minimum atomic E-state index is -5.02. The molecule has 3 heterocycles. The van der Waals surface area contributed by atoms with Gasteiger partial charge < -0.3 is 14.5 Å². The minimum Gasteiger partial charge on any atom is -0.455 e. The first-order valence-corrected chi connectivity index (χ1v) is 8.90. The number of furan rings is 2. The smallest absolute Gasteiger partial charge is 0.455 e. The van der Waals surface area contributed by atoms with Crippen LogP contribution in [0.15, 0.2) is 40.9 Å². The number of amides is 1. The monoisotopic (exact) mass is 416 g/mol. The third-order valence-electron chi connectivity index (χ3n) is 4.88. The lowest BCUT2D eigenvalue weighted by molar-refractivity contribution is -0.275. The summed E-state index contributed by atoms with van der Waals surface area (Å²) in [6.45, 7) is 1.82. The molecule has 4 aromatic rings. The van der Waals surface area contributed by atoms with Crippen molar-refractivity contribution in [3.8, 4) is 16.9 Å². The molecule has 1 N–H and O–H groups in total. The van der Waals surface area contributed by atoms with Gasteiger partial charge in [0.1, 0.15) is 11.2 Å². The second-order valence-corrected chi connectivity index (χ2v) is 6.98. The lowest BCUT2D eigenvalue weighted by Gasteiger charge is -2.11. The topological polar surface area (TPSA) is 64.4 Å². The Morgan fingerprint density at radius 2 is 1.93 bits per heavy atom. The van der Waals surface area contributed by atoms with E-state index in [1.165, 1.54) is 0 Å². The van der Waals surface area contributed by atoms with Gasteiger partial charge in [0, 0.05) is 46.8 Å². The highest BCUT2D eigenvalue weighted by molar-refractivity contribution is 6.19. The molecular formula is C21H12F4N2O3. The van der Waals surface area contributed by atoms with Gasteiger partial charge in [0.15, 0.2) is 11.6 Å². The van der Waals surface area contributed by atoms with Crippen LogP contribution >= 0.6 is 0 Å². The first-order valence-electron chi connectivity index (χ1n) is 8.90. The maximum absolute atomic E-state index is 14.0. The van der Waals surface area contributed by atoms with Crippen LogP contribution in [-0.2, 0) is 6.42 Å². The maximum atomic E-state index is 14.0. The van der Waals surface area contributed by atoms with E-state index >= 15 is 0 Å². The number of halogens is 4. The first-order chi connectivity index (χ1) is 14.2. The standard InChI is InChI=1S/C21H12F4N2O3/c1-9-6-10(4-5-26-9)16-17(19-13-8-12(13)18(16)29-19)20(28)27-11-2-3-15(14(22)7-11)30-21(23,24)25/h2-7H,8H2,1H3,(H,27,28). The number of benzene rings is 2. The number of hydrogen-bond acceptors (Lipinski definition) is 4. The Morgan fingerprint density at radius 3 is 2.63 bits per heavy atom. The highest BCUT2D eigenvalue weighted by atomic mass is 19.4. The van der Waals surface area contributed by atoms with Crippen molar-refractivity contribution in [2.45, 2.75) is 19.7 Å². The van der Waals surface area contributed by atoms with Gasteiger partial charge in [0.2, 0.25) is 0 Å². The van der Waals surface area contributed by atoms with Gasteiger partial charge in [0.05, 0.1) is 5.56 Å². The number of aryl methyl sites for hydroxylation is 1. The quantitative estimate of drug-likeness (QED) is 0.397. The lowest BCUT2D eigenvalue weighted by atomic mass is 9.99. The van der Waals surface area contributed by atoms with E-state index in [1.54, 1.807) is 12.3 Å². The van der Waals surface area contributed by atoms with Gasteiger partial charge in [-0.2, -0.15) is 0 Å². The second-order valence-electron chi connectivity index (χ2n) is 6.98. The molecule has 9 heteroatoms. The summed E-state index contributed by atoms with van der Waals surface area (Å²) in [5, 5.41) is 2.53. The van der Waals surface area contributed by atoms with Crippen LogP contribution in [0.1, 0.15) is 27.2 Å². The van der Waals surface area contributed by atoms with Crippen LogP contribution in [-0.4, -0.2) is 17.3 Å². The van der Waals surface area contributed by atoms with Gasteiger partial charge in [0.25, 0.3) is 5.91 Å². The van der Waals surface area contributed by atoms with E-state index < -0.39 is 23.8 Å². The lowest BCUT2D eigenvalue weighted by Crippen LogP contribution is -2.18. The SMILES string of the molecule is Cc1cc(-c2c(C(=O)Nc3ccc(OC(F)(F)F)c(F)c3)c3oc2c2c3C2)ccn1. The largest absolute Gasteiger partial charge is 0.573 e. The number of rotatable bonds is 4. The summed E-state index contributed by atoms with van der Waals surface area (Å²) >= 11 is 0. The van der Waals surface area contributed by atoms with Crippen LogP contribution < -0.4 is 10.1 Å². The van der Waals surface area contributed by atoms with Crippen molar-refractivity contribution in [3.05, 3.63) is 64.7 Å². The molecule has 0 spiro atoms. The molecule has 0 saturated heterocycles. The molecule has 0 aliphatic heterocycles. The van der Waals surface area contributed by atoms with Gasteiger partial charge in [-0.25, -0.2) is 4.39 Å². The molecule has 5 rings (SSSR count). The van der Waals surface area contributed by atoms with Crippen LogP contribution in [0.3, 0.4) is 0 Å². The molecule has 1 amide bonds. The van der Waals surface area contributed by atoms with Gasteiger partial charge in [-0.1, -0.05) is 0 Å². The summed E-state index contributed by atoms with van der Waals surface area (Å²) in [4.78, 5) is 17.2. The van der Waals surface area contributed by atoms with E-state index in [0.29, 0.717) is 22.3 Å². The Morgan fingerprint density at radius 1 is 1.17 bits per heavy atom. The van der Waals surface area contributed by atoms with Crippen molar-refractivity contribution in [2.75, 3.05) is 5.32 Å². The molecular weight excluding hydrogens is 404 g/mol. The van der Waals surface area contributed by atoms with E-state index in [1.807, 2.05) is 13.0 Å². The second kappa shape index (κ2) is 6.19. The fourth-order valence-corrected chi connectivity index (χ4v) is 3.60. The normalized spacial score (nSPS) is 12.8. The number of pyridine rings is 1. The molecule has 3 aromatic heterocycles. The number of fused-ring (bicyclic) bond motifs is 5. The van der Waals surface area contributed by atoms with Gasteiger partial charge in [-0.15, -0.1) is 13.2 Å². The van der Waals surface area contributed by atoms with Crippen LogP contribution in [0.4, 0.5) is 23.2 Å². The molecule has 0 fully saturated rings. The van der Waals surface area contributed by atoms with Gasteiger partial charge in [-0.3, -0.25) is 9.78 Å². The summed E-state index contributed by atoms with van der Waals surface area (Å²) in [5.74, 6) is -2.78. The Hall–Kier alpha value is -3.62. The zero-order valence-corrected chi connectivity index (χ0v) is 15.4. The summed E-state index contributed by atoms with van der Waals surface area (Å²) in [6, 6.07) is 6.29. The Labute approximate surface area is 166 Å². The molecule has 0 unspecified atom stereocenters. The van der Waals surface area contributed by atoms with E-state index in [9.17, 15) is 22.4 Å². The summed E-state index contributed by atoms with van der Waals surface area (Å²) in [5.41, 5.74) is 5.58. The Kier molecular flexibility index (Phi) is 3.80. The fourth-order valence-electron chi connectivity index (χ4n) is 3.60. The molecule has 1 aliphatic carbocycles. The van der Waals surface area contributed by atoms with E-state index in [-0.39, 0.29) is 5.69 Å². The molecule has 1 aliphatic rings. The van der Waals surface area contributed by atoms with Crippen LogP contribution in [0.5, 0.6) is 5.75 Å². The Balaban J connectivity index is 1.49. The number of carbonyl (C=O) groups is 1. The maximum Gasteiger partial charge on any atom is 0.573 e. The molecule has 2 bridgehead atoms.